The molecule has 1 aliphatic heterocycles. The Morgan fingerprint density at radius 3 is 3.11 bits per heavy atom. The molecule has 1 heterocycles. The third kappa shape index (κ3) is 3.34. The largest absolute Gasteiger partial charge is 0.352 e. The summed E-state index contributed by atoms with van der Waals surface area (Å²) in [5.41, 5.74) is 1.94. The molecule has 0 bridgehead atoms. The first-order valence-electron chi connectivity index (χ1n) is 6.03. The molecule has 1 aromatic rings. The van der Waals surface area contributed by atoms with E-state index in [0.717, 1.165) is 16.9 Å². The lowest BCUT2D eigenvalue weighted by Gasteiger charge is -2.04. The van der Waals surface area contributed by atoms with Gasteiger partial charge in [0.15, 0.2) is 5.75 Å². The van der Waals surface area contributed by atoms with Crippen LogP contribution in [-0.4, -0.2) is 12.5 Å². The number of hydrogen-bond acceptors (Lipinski definition) is 3. The highest BCUT2D eigenvalue weighted by Gasteiger charge is 2.12. The SMILES string of the molecule is CC(C)CNC(=O)/C=C/c1ccc2c(c1)OOC2. The summed E-state index contributed by atoms with van der Waals surface area (Å²) in [6, 6.07) is 5.73. The normalized spacial score (nSPS) is 13.7. The lowest BCUT2D eigenvalue weighted by atomic mass is 10.1. The summed E-state index contributed by atoms with van der Waals surface area (Å²) in [5.74, 6) is 1.09. The third-order valence-electron chi connectivity index (χ3n) is 2.57. The van der Waals surface area contributed by atoms with Gasteiger partial charge in [0.05, 0.1) is 0 Å². The van der Waals surface area contributed by atoms with Crippen LogP contribution in [0.5, 0.6) is 5.75 Å². The molecular weight excluding hydrogens is 230 g/mol. The molecule has 0 saturated carbocycles. The van der Waals surface area contributed by atoms with Crippen molar-refractivity contribution >= 4 is 12.0 Å². The zero-order chi connectivity index (χ0) is 13.0. The van der Waals surface area contributed by atoms with Crippen LogP contribution in [0.4, 0.5) is 0 Å². The van der Waals surface area contributed by atoms with Crippen LogP contribution in [0.3, 0.4) is 0 Å². The van der Waals surface area contributed by atoms with Gasteiger partial charge in [0.25, 0.3) is 0 Å². The van der Waals surface area contributed by atoms with E-state index in [1.807, 2.05) is 18.2 Å². The minimum absolute atomic E-state index is 0.0821. The molecule has 0 saturated heterocycles. The van der Waals surface area contributed by atoms with Crippen LogP contribution in [0.15, 0.2) is 24.3 Å². The molecule has 1 N–H and O–H groups in total. The summed E-state index contributed by atoms with van der Waals surface area (Å²) >= 11 is 0. The minimum Gasteiger partial charge on any atom is -0.352 e. The monoisotopic (exact) mass is 247 g/mol. The second-order valence-corrected chi connectivity index (χ2v) is 4.69. The summed E-state index contributed by atoms with van der Waals surface area (Å²) in [5, 5.41) is 2.82. The predicted octanol–water partition coefficient (Wildman–Crippen LogP) is 2.30. The number of rotatable bonds is 4. The lowest BCUT2D eigenvalue weighted by molar-refractivity contribution is -0.194. The quantitative estimate of drug-likeness (QED) is 0.656. The van der Waals surface area contributed by atoms with Crippen molar-refractivity contribution < 1.29 is 14.6 Å². The van der Waals surface area contributed by atoms with E-state index in [9.17, 15) is 4.79 Å². The van der Waals surface area contributed by atoms with E-state index >= 15 is 0 Å². The van der Waals surface area contributed by atoms with Crippen molar-refractivity contribution in [3.05, 3.63) is 35.4 Å². The molecule has 0 aromatic heterocycles. The first kappa shape index (κ1) is 12.6. The number of benzene rings is 1. The van der Waals surface area contributed by atoms with Gasteiger partial charge in [0.1, 0.15) is 6.61 Å². The van der Waals surface area contributed by atoms with E-state index in [2.05, 4.69) is 19.2 Å². The maximum absolute atomic E-state index is 11.5. The highest BCUT2D eigenvalue weighted by Crippen LogP contribution is 2.27. The van der Waals surface area contributed by atoms with E-state index < -0.39 is 0 Å². The molecular formula is C14H17NO3. The standard InChI is InChI=1S/C14H17NO3/c1-10(2)8-15-14(16)6-4-11-3-5-12-9-17-18-13(12)7-11/h3-7,10H,8-9H2,1-2H3,(H,15,16)/b6-4+. The Kier molecular flexibility index (Phi) is 3.99. The second kappa shape index (κ2) is 5.69. The van der Waals surface area contributed by atoms with Crippen LogP contribution in [0.1, 0.15) is 25.0 Å². The van der Waals surface area contributed by atoms with E-state index in [-0.39, 0.29) is 5.91 Å². The van der Waals surface area contributed by atoms with E-state index in [1.165, 1.54) is 6.08 Å². The van der Waals surface area contributed by atoms with Crippen LogP contribution >= 0.6 is 0 Å². The fourth-order valence-corrected chi connectivity index (χ4v) is 1.56. The molecule has 0 radical (unpaired) electrons. The van der Waals surface area contributed by atoms with Crippen LogP contribution in [0.2, 0.25) is 0 Å². The molecule has 18 heavy (non-hydrogen) atoms. The first-order chi connectivity index (χ1) is 8.65. The van der Waals surface area contributed by atoms with Gasteiger partial charge in [-0.15, -0.1) is 0 Å². The number of carbonyl (C=O) groups is 1. The third-order valence-corrected chi connectivity index (χ3v) is 2.57. The highest BCUT2D eigenvalue weighted by molar-refractivity contribution is 5.91. The van der Waals surface area contributed by atoms with Gasteiger partial charge in [0.2, 0.25) is 5.91 Å². The Hall–Kier alpha value is -1.81. The van der Waals surface area contributed by atoms with Crippen LogP contribution < -0.4 is 10.2 Å². The van der Waals surface area contributed by atoms with E-state index in [1.54, 1.807) is 6.08 Å². The van der Waals surface area contributed by atoms with Crippen molar-refractivity contribution in [3.63, 3.8) is 0 Å². The molecule has 0 unspecified atom stereocenters. The van der Waals surface area contributed by atoms with Gasteiger partial charge < -0.3 is 10.2 Å². The van der Waals surface area contributed by atoms with Crippen molar-refractivity contribution in [1.82, 2.24) is 5.32 Å². The molecule has 4 nitrogen and oxygen atoms in total. The minimum atomic E-state index is -0.0821. The number of amides is 1. The van der Waals surface area contributed by atoms with Gasteiger partial charge in [-0.2, -0.15) is 4.89 Å². The summed E-state index contributed by atoms with van der Waals surface area (Å²) in [4.78, 5) is 21.3. The Morgan fingerprint density at radius 2 is 2.33 bits per heavy atom. The zero-order valence-electron chi connectivity index (χ0n) is 10.6. The van der Waals surface area contributed by atoms with E-state index in [0.29, 0.717) is 19.1 Å². The average molecular weight is 247 g/mol. The maximum Gasteiger partial charge on any atom is 0.244 e. The van der Waals surface area contributed by atoms with Gasteiger partial charge in [0, 0.05) is 18.2 Å². The number of carbonyl (C=O) groups excluding carboxylic acids is 1. The number of fused-ring (bicyclic) bond motifs is 1. The highest BCUT2D eigenvalue weighted by atomic mass is 17.2. The molecule has 1 aliphatic rings. The fraction of sp³-hybridized carbons (Fsp3) is 0.357. The number of nitrogens with one attached hydrogen (secondary N) is 1. The van der Waals surface area contributed by atoms with Crippen LogP contribution in [-0.2, 0) is 16.3 Å². The fourth-order valence-electron chi connectivity index (χ4n) is 1.56. The van der Waals surface area contributed by atoms with Gasteiger partial charge >= 0.3 is 0 Å². The molecule has 2 rings (SSSR count). The molecule has 1 aromatic carbocycles. The Balaban J connectivity index is 1.94. The summed E-state index contributed by atoms with van der Waals surface area (Å²) < 4.78 is 0. The van der Waals surface area contributed by atoms with Crippen LogP contribution in [0, 0.1) is 5.92 Å². The van der Waals surface area contributed by atoms with Gasteiger partial charge in [-0.1, -0.05) is 26.0 Å². The second-order valence-electron chi connectivity index (χ2n) is 4.69. The zero-order valence-corrected chi connectivity index (χ0v) is 10.6. The molecule has 4 heteroatoms. The van der Waals surface area contributed by atoms with Crippen molar-refractivity contribution in [2.24, 2.45) is 5.92 Å². The van der Waals surface area contributed by atoms with Gasteiger partial charge in [-0.25, -0.2) is 0 Å². The Morgan fingerprint density at radius 1 is 1.50 bits per heavy atom. The van der Waals surface area contributed by atoms with Crippen molar-refractivity contribution in [2.75, 3.05) is 6.54 Å². The summed E-state index contributed by atoms with van der Waals surface area (Å²) in [7, 11) is 0. The van der Waals surface area contributed by atoms with Gasteiger partial charge in [-0.05, 0) is 23.6 Å². The topological polar surface area (TPSA) is 47.6 Å². The molecule has 0 atom stereocenters. The molecule has 0 aliphatic carbocycles. The molecule has 0 spiro atoms. The van der Waals surface area contributed by atoms with E-state index in [4.69, 9.17) is 9.78 Å². The lowest BCUT2D eigenvalue weighted by Crippen LogP contribution is -2.25. The Bertz CT molecular complexity index is 466. The smallest absolute Gasteiger partial charge is 0.244 e. The summed E-state index contributed by atoms with van der Waals surface area (Å²) in [6.45, 7) is 5.28. The first-order valence-corrected chi connectivity index (χ1v) is 6.03. The van der Waals surface area contributed by atoms with Gasteiger partial charge in [-0.3, -0.25) is 4.79 Å². The number of hydrogen-bond donors (Lipinski definition) is 1. The van der Waals surface area contributed by atoms with Crippen molar-refractivity contribution in [1.29, 1.82) is 0 Å². The predicted molar refractivity (Wildman–Crippen MR) is 68.7 cm³/mol. The molecule has 1 amide bonds. The summed E-state index contributed by atoms with van der Waals surface area (Å²) in [6.07, 6.45) is 3.29. The molecule has 96 valence electrons. The van der Waals surface area contributed by atoms with Crippen LogP contribution in [0.25, 0.3) is 6.08 Å². The Labute approximate surface area is 107 Å². The molecule has 0 fully saturated rings. The average Bonchev–Trinajstić information content (AvgIpc) is 2.81. The maximum atomic E-state index is 11.5. The van der Waals surface area contributed by atoms with Crippen molar-refractivity contribution in [2.45, 2.75) is 20.5 Å². The van der Waals surface area contributed by atoms with Crippen molar-refractivity contribution in [3.8, 4) is 5.75 Å².